The molecule has 0 aromatic heterocycles. The molecule has 0 saturated carbocycles. The monoisotopic (exact) mass is 318 g/mol. The van der Waals surface area contributed by atoms with Crippen molar-refractivity contribution < 1.29 is 10.1 Å². The lowest BCUT2D eigenvalue weighted by atomic mass is 9.68. The Hall–Kier alpha value is -0.860. The van der Waals surface area contributed by atoms with Crippen molar-refractivity contribution in [2.45, 2.75) is 71.9 Å². The number of hydrogen-bond donors (Lipinski definition) is 1. The average molecular weight is 319 g/mol. The van der Waals surface area contributed by atoms with E-state index in [0.717, 1.165) is 19.1 Å². The molecule has 23 heavy (non-hydrogen) atoms. The second-order valence-electron chi connectivity index (χ2n) is 8.48. The van der Waals surface area contributed by atoms with E-state index in [0.29, 0.717) is 5.41 Å². The molecule has 1 saturated heterocycles. The molecule has 1 fully saturated rings. The van der Waals surface area contributed by atoms with Crippen molar-refractivity contribution in [1.29, 1.82) is 0 Å². The van der Waals surface area contributed by atoms with Gasteiger partial charge in [0.25, 0.3) is 0 Å². The van der Waals surface area contributed by atoms with Gasteiger partial charge in [-0.15, -0.1) is 0 Å². The molecule has 2 heteroatoms. The second-order valence-corrected chi connectivity index (χ2v) is 8.48. The Kier molecular flexibility index (Phi) is 6.67. The first-order chi connectivity index (χ1) is 10.9. The van der Waals surface area contributed by atoms with Gasteiger partial charge in [0.05, 0.1) is 12.1 Å². The highest BCUT2D eigenvalue weighted by Gasteiger charge is 2.40. The van der Waals surface area contributed by atoms with Gasteiger partial charge in [-0.3, -0.25) is 0 Å². The summed E-state index contributed by atoms with van der Waals surface area (Å²) in [5.74, 6) is 0.797. The highest BCUT2D eigenvalue weighted by atomic mass is 16.5. The summed E-state index contributed by atoms with van der Waals surface area (Å²) in [6, 6.07) is 10.8. The van der Waals surface area contributed by atoms with Crippen LogP contribution in [0.15, 0.2) is 30.3 Å². The van der Waals surface area contributed by atoms with Gasteiger partial charge >= 0.3 is 0 Å². The van der Waals surface area contributed by atoms with Gasteiger partial charge in [-0.25, -0.2) is 0 Å². The minimum atomic E-state index is 0.0503. The molecule has 0 unspecified atom stereocenters. The van der Waals surface area contributed by atoms with Gasteiger partial charge < -0.3 is 10.1 Å². The molecule has 1 heterocycles. The Labute approximate surface area is 143 Å². The van der Waals surface area contributed by atoms with Crippen LogP contribution in [0.2, 0.25) is 0 Å². The van der Waals surface area contributed by atoms with E-state index in [2.05, 4.69) is 63.3 Å². The fourth-order valence-corrected chi connectivity index (χ4v) is 4.02. The van der Waals surface area contributed by atoms with Gasteiger partial charge in [0.15, 0.2) is 0 Å². The molecule has 1 aliphatic heterocycles. The highest BCUT2D eigenvalue weighted by molar-refractivity contribution is 5.12. The Morgan fingerprint density at radius 3 is 2.52 bits per heavy atom. The minimum Gasteiger partial charge on any atom is -0.376 e. The van der Waals surface area contributed by atoms with E-state index in [-0.39, 0.29) is 5.60 Å². The van der Waals surface area contributed by atoms with Crippen LogP contribution in [-0.4, -0.2) is 18.8 Å². The lowest BCUT2D eigenvalue weighted by molar-refractivity contribution is -0.672. The molecule has 2 N–H and O–H groups in total. The topological polar surface area (TPSA) is 25.8 Å². The molecule has 1 aromatic rings. The average Bonchev–Trinajstić information content (AvgIpc) is 2.50. The molecular weight excluding hydrogens is 282 g/mol. The van der Waals surface area contributed by atoms with Gasteiger partial charge in [0, 0.05) is 18.6 Å². The lowest BCUT2D eigenvalue weighted by Crippen LogP contribution is -2.83. The number of nitrogens with two attached hydrogens (primary N) is 1. The van der Waals surface area contributed by atoms with Crippen LogP contribution in [0.3, 0.4) is 0 Å². The van der Waals surface area contributed by atoms with Crippen LogP contribution in [0.5, 0.6) is 0 Å². The van der Waals surface area contributed by atoms with Crippen molar-refractivity contribution >= 4 is 0 Å². The smallest absolute Gasteiger partial charge is 0.101 e. The van der Waals surface area contributed by atoms with Crippen molar-refractivity contribution in [2.75, 3.05) is 13.2 Å². The lowest BCUT2D eigenvalue weighted by Gasteiger charge is -2.45. The summed E-state index contributed by atoms with van der Waals surface area (Å²) < 4.78 is 5.99. The number of rotatable bonds is 8. The number of quaternary nitrogens is 1. The zero-order valence-corrected chi connectivity index (χ0v) is 15.6. The largest absolute Gasteiger partial charge is 0.376 e. The summed E-state index contributed by atoms with van der Waals surface area (Å²) in [4.78, 5) is 0. The van der Waals surface area contributed by atoms with Gasteiger partial charge in [-0.1, -0.05) is 50.6 Å². The third-order valence-electron chi connectivity index (χ3n) is 5.28. The summed E-state index contributed by atoms with van der Waals surface area (Å²) >= 11 is 0. The fraction of sp³-hybridized carbons (Fsp3) is 0.714. The molecule has 0 spiro atoms. The zero-order chi connectivity index (χ0) is 16.8. The van der Waals surface area contributed by atoms with Crippen LogP contribution >= 0.6 is 0 Å². The first kappa shape index (κ1) is 18.5. The molecule has 0 bridgehead atoms. The molecule has 1 aliphatic rings. The summed E-state index contributed by atoms with van der Waals surface area (Å²) in [5, 5.41) is 2.48. The van der Waals surface area contributed by atoms with Crippen LogP contribution in [0, 0.1) is 11.3 Å². The van der Waals surface area contributed by atoms with Gasteiger partial charge in [-0.05, 0) is 44.4 Å². The molecule has 0 aliphatic carbocycles. The third-order valence-corrected chi connectivity index (χ3v) is 5.28. The van der Waals surface area contributed by atoms with E-state index in [1.807, 2.05) is 0 Å². The van der Waals surface area contributed by atoms with Crippen LogP contribution < -0.4 is 5.32 Å². The zero-order valence-electron chi connectivity index (χ0n) is 15.6. The maximum atomic E-state index is 5.99. The maximum Gasteiger partial charge on any atom is 0.101 e. The first-order valence-corrected chi connectivity index (χ1v) is 9.40. The predicted molar refractivity (Wildman–Crippen MR) is 97.3 cm³/mol. The molecule has 1 aromatic carbocycles. The van der Waals surface area contributed by atoms with E-state index >= 15 is 0 Å². The van der Waals surface area contributed by atoms with Crippen LogP contribution in [0.4, 0.5) is 0 Å². The van der Waals surface area contributed by atoms with Crippen molar-refractivity contribution in [2.24, 2.45) is 11.3 Å². The fourth-order valence-electron chi connectivity index (χ4n) is 4.02. The number of benzene rings is 1. The number of ether oxygens (including phenoxy) is 1. The van der Waals surface area contributed by atoms with Crippen molar-refractivity contribution in [1.82, 2.24) is 0 Å². The Morgan fingerprint density at radius 2 is 1.87 bits per heavy atom. The number of hydrogen-bond acceptors (Lipinski definition) is 1. The van der Waals surface area contributed by atoms with E-state index in [1.54, 1.807) is 0 Å². The quantitative estimate of drug-likeness (QED) is 0.716. The standard InChI is InChI=1S/C21H35NO/c1-18(2)10-11-21(13-15-23-20(3,4)17-21)12-14-22-16-19-8-6-5-7-9-19/h5-9,18,22H,10-17H2,1-4H3/p+1/t21-/m1/s1. The molecule has 2 rings (SSSR count). The van der Waals surface area contributed by atoms with Crippen molar-refractivity contribution in [3.63, 3.8) is 0 Å². The third kappa shape index (κ3) is 6.27. The van der Waals surface area contributed by atoms with E-state index in [1.165, 1.54) is 44.2 Å². The molecule has 0 radical (unpaired) electrons. The SMILES string of the molecule is CC(C)CC[C@@]1(CC[NH2+]Cc2ccccc2)CCOC(C)(C)C1. The van der Waals surface area contributed by atoms with Crippen molar-refractivity contribution in [3.05, 3.63) is 35.9 Å². The normalized spacial score (nSPS) is 24.0. The predicted octanol–water partition coefficient (Wildman–Crippen LogP) is 4.15. The Balaban J connectivity index is 1.87. The summed E-state index contributed by atoms with van der Waals surface area (Å²) in [7, 11) is 0. The Bertz CT molecular complexity index is 454. The van der Waals surface area contributed by atoms with Crippen LogP contribution in [0.25, 0.3) is 0 Å². The first-order valence-electron chi connectivity index (χ1n) is 9.40. The van der Waals surface area contributed by atoms with Gasteiger partial charge in [0.2, 0.25) is 0 Å². The van der Waals surface area contributed by atoms with Crippen LogP contribution in [0.1, 0.15) is 65.4 Å². The van der Waals surface area contributed by atoms with Crippen LogP contribution in [-0.2, 0) is 11.3 Å². The Morgan fingerprint density at radius 1 is 1.13 bits per heavy atom. The summed E-state index contributed by atoms with van der Waals surface area (Å²) in [6.07, 6.45) is 6.47. The second kappa shape index (κ2) is 8.30. The highest BCUT2D eigenvalue weighted by Crippen LogP contribution is 2.45. The molecule has 2 nitrogen and oxygen atoms in total. The van der Waals surface area contributed by atoms with Gasteiger partial charge in [-0.2, -0.15) is 0 Å². The van der Waals surface area contributed by atoms with E-state index in [4.69, 9.17) is 4.74 Å². The maximum absolute atomic E-state index is 5.99. The van der Waals surface area contributed by atoms with E-state index < -0.39 is 0 Å². The molecule has 130 valence electrons. The minimum absolute atomic E-state index is 0.0503. The molecule has 1 atom stereocenters. The molecular formula is C21H36NO+. The van der Waals surface area contributed by atoms with Gasteiger partial charge in [0.1, 0.15) is 6.54 Å². The van der Waals surface area contributed by atoms with E-state index in [9.17, 15) is 0 Å². The summed E-state index contributed by atoms with van der Waals surface area (Å²) in [6.45, 7) is 12.5. The summed E-state index contributed by atoms with van der Waals surface area (Å²) in [5.41, 5.74) is 1.96. The molecule has 0 amide bonds. The van der Waals surface area contributed by atoms with Crippen molar-refractivity contribution in [3.8, 4) is 0 Å².